The molecule has 138 valence electrons. The number of aromatic nitrogens is 3. The number of pyridine rings is 1. The van der Waals surface area contributed by atoms with Gasteiger partial charge in [0.15, 0.2) is 0 Å². The van der Waals surface area contributed by atoms with Crippen LogP contribution in [0.4, 0.5) is 14.5 Å². The fraction of sp³-hybridized carbons (Fsp3) is 0.158. The Hall–Kier alpha value is -3.42. The smallest absolute Gasteiger partial charge is 0.320 e. The summed E-state index contributed by atoms with van der Waals surface area (Å²) in [6.45, 7) is 1.86. The second-order valence-electron chi connectivity index (χ2n) is 5.76. The highest BCUT2D eigenvalue weighted by molar-refractivity contribution is 5.96. The number of rotatable bonds is 5. The molecule has 0 atom stereocenters. The average molecular weight is 370 g/mol. The van der Waals surface area contributed by atoms with Crippen LogP contribution in [0, 0.1) is 0 Å². The van der Waals surface area contributed by atoms with Crippen molar-refractivity contribution < 1.29 is 13.6 Å². The number of H-pyrrole nitrogens is 1. The van der Waals surface area contributed by atoms with Gasteiger partial charge in [0.2, 0.25) is 0 Å². The Morgan fingerprint density at radius 3 is 2.70 bits per heavy atom. The van der Waals surface area contributed by atoms with Gasteiger partial charge in [-0.25, -0.2) is 4.98 Å². The first-order chi connectivity index (χ1) is 12.9. The molecule has 0 aliphatic rings. The fourth-order valence-corrected chi connectivity index (χ4v) is 2.44. The Balaban J connectivity index is 1.87. The van der Waals surface area contributed by atoms with Crippen LogP contribution in [-0.4, -0.2) is 20.9 Å². The molecule has 3 rings (SSSR count). The molecule has 2 aromatic heterocycles. The summed E-state index contributed by atoms with van der Waals surface area (Å²) in [6.07, 6.45) is 1.77. The molecule has 2 heterocycles. The number of hydrogen-bond donors (Lipinski definition) is 2. The number of carbonyl (C=O) groups excluding carboxylic acids is 1. The Morgan fingerprint density at radius 1 is 1.19 bits per heavy atom. The van der Waals surface area contributed by atoms with E-state index in [1.807, 2.05) is 6.92 Å². The van der Waals surface area contributed by atoms with Crippen molar-refractivity contribution in [2.24, 2.45) is 0 Å². The predicted octanol–water partition coefficient (Wildman–Crippen LogP) is 3.12. The maximum absolute atomic E-state index is 14.3. The first-order valence-corrected chi connectivity index (χ1v) is 8.21. The van der Waals surface area contributed by atoms with Crippen molar-refractivity contribution in [1.82, 2.24) is 15.0 Å². The van der Waals surface area contributed by atoms with E-state index in [9.17, 15) is 18.4 Å². The van der Waals surface area contributed by atoms with Gasteiger partial charge in [0.05, 0.1) is 0 Å². The standard InChI is InChI=1S/C19H16F2N4O2/c1-2-13-11-16(26)25-17(23-13)12-6-5-7-14(10-12)24-18(27)19(20,21)15-8-3-4-9-22-15/h3-11H,2H2,1H3,(H,24,27)(H,23,25,26). The lowest BCUT2D eigenvalue weighted by molar-refractivity contribution is -0.141. The molecule has 0 aliphatic heterocycles. The zero-order valence-electron chi connectivity index (χ0n) is 14.4. The van der Waals surface area contributed by atoms with Gasteiger partial charge in [-0.05, 0) is 30.7 Å². The van der Waals surface area contributed by atoms with Crippen LogP contribution in [0.2, 0.25) is 0 Å². The number of carbonyl (C=O) groups is 1. The fourth-order valence-electron chi connectivity index (χ4n) is 2.44. The normalized spacial score (nSPS) is 11.2. The van der Waals surface area contributed by atoms with E-state index < -0.39 is 17.5 Å². The molecular weight excluding hydrogens is 354 g/mol. The van der Waals surface area contributed by atoms with Gasteiger partial charge in [-0.2, -0.15) is 8.78 Å². The minimum Gasteiger partial charge on any atom is -0.320 e. The summed E-state index contributed by atoms with van der Waals surface area (Å²) in [5, 5.41) is 2.19. The van der Waals surface area contributed by atoms with E-state index >= 15 is 0 Å². The van der Waals surface area contributed by atoms with Crippen molar-refractivity contribution in [2.75, 3.05) is 5.32 Å². The van der Waals surface area contributed by atoms with Crippen LogP contribution in [0.1, 0.15) is 18.3 Å². The Kier molecular flexibility index (Phi) is 5.07. The molecule has 0 saturated heterocycles. The van der Waals surface area contributed by atoms with E-state index in [2.05, 4.69) is 20.3 Å². The number of benzene rings is 1. The number of amides is 1. The monoisotopic (exact) mass is 370 g/mol. The van der Waals surface area contributed by atoms with Gasteiger partial charge in [0.1, 0.15) is 11.5 Å². The minimum atomic E-state index is -3.79. The van der Waals surface area contributed by atoms with Gasteiger partial charge in [-0.1, -0.05) is 25.1 Å². The number of alkyl halides is 2. The molecule has 0 aliphatic carbocycles. The summed E-state index contributed by atoms with van der Waals surface area (Å²) in [6, 6.07) is 11.5. The van der Waals surface area contributed by atoms with Gasteiger partial charge in [-0.3, -0.25) is 14.6 Å². The van der Waals surface area contributed by atoms with Gasteiger partial charge < -0.3 is 10.3 Å². The topological polar surface area (TPSA) is 87.7 Å². The van der Waals surface area contributed by atoms with Gasteiger partial charge in [0, 0.05) is 29.2 Å². The number of halogens is 2. The van der Waals surface area contributed by atoms with Crippen LogP contribution in [0.5, 0.6) is 0 Å². The van der Waals surface area contributed by atoms with Crippen molar-refractivity contribution in [1.29, 1.82) is 0 Å². The summed E-state index contributed by atoms with van der Waals surface area (Å²) in [7, 11) is 0. The molecule has 27 heavy (non-hydrogen) atoms. The van der Waals surface area contributed by atoms with E-state index in [0.29, 0.717) is 23.5 Å². The van der Waals surface area contributed by atoms with E-state index in [1.54, 1.807) is 12.1 Å². The number of nitrogens with one attached hydrogen (secondary N) is 2. The SMILES string of the molecule is CCc1cc(=O)[nH]c(-c2cccc(NC(=O)C(F)(F)c3ccccn3)c2)n1. The summed E-state index contributed by atoms with van der Waals surface area (Å²) in [5.41, 5.74) is 0.289. The highest BCUT2D eigenvalue weighted by Crippen LogP contribution is 2.28. The predicted molar refractivity (Wildman–Crippen MR) is 96.4 cm³/mol. The molecule has 8 heteroatoms. The number of aromatic amines is 1. The molecule has 0 saturated carbocycles. The highest BCUT2D eigenvalue weighted by Gasteiger charge is 2.42. The third-order valence-electron chi connectivity index (χ3n) is 3.82. The molecule has 0 radical (unpaired) electrons. The molecule has 1 amide bonds. The zero-order valence-corrected chi connectivity index (χ0v) is 14.4. The minimum absolute atomic E-state index is 0.151. The van der Waals surface area contributed by atoms with E-state index in [1.165, 1.54) is 36.5 Å². The van der Waals surface area contributed by atoms with Crippen LogP contribution in [0.25, 0.3) is 11.4 Å². The molecule has 0 bridgehead atoms. The quantitative estimate of drug-likeness (QED) is 0.722. The Bertz CT molecular complexity index is 1020. The zero-order chi connectivity index (χ0) is 19.4. The number of anilines is 1. The Labute approximate surface area is 153 Å². The lowest BCUT2D eigenvalue weighted by Crippen LogP contribution is -2.33. The van der Waals surface area contributed by atoms with Crippen molar-refractivity contribution >= 4 is 11.6 Å². The van der Waals surface area contributed by atoms with Crippen LogP contribution in [0.3, 0.4) is 0 Å². The molecule has 2 N–H and O–H groups in total. The van der Waals surface area contributed by atoms with Crippen LogP contribution >= 0.6 is 0 Å². The van der Waals surface area contributed by atoms with Crippen molar-refractivity contribution in [2.45, 2.75) is 19.3 Å². The summed E-state index contributed by atoms with van der Waals surface area (Å²) in [4.78, 5) is 34.2. The highest BCUT2D eigenvalue weighted by atomic mass is 19.3. The maximum Gasteiger partial charge on any atom is 0.366 e. The van der Waals surface area contributed by atoms with Crippen LogP contribution in [-0.2, 0) is 17.1 Å². The van der Waals surface area contributed by atoms with Crippen molar-refractivity contribution in [3.8, 4) is 11.4 Å². The summed E-state index contributed by atoms with van der Waals surface area (Å²) in [5.74, 6) is -4.99. The van der Waals surface area contributed by atoms with Crippen LogP contribution in [0.15, 0.2) is 59.5 Å². The number of hydrogen-bond acceptors (Lipinski definition) is 4. The first kappa shape index (κ1) is 18.4. The van der Waals surface area contributed by atoms with Gasteiger partial charge in [-0.15, -0.1) is 0 Å². The first-order valence-electron chi connectivity index (χ1n) is 8.21. The average Bonchev–Trinajstić information content (AvgIpc) is 2.68. The lowest BCUT2D eigenvalue weighted by Gasteiger charge is -2.15. The largest absolute Gasteiger partial charge is 0.366 e. The van der Waals surface area contributed by atoms with Crippen molar-refractivity contribution in [3.63, 3.8) is 0 Å². The van der Waals surface area contributed by atoms with E-state index in [0.717, 1.165) is 6.07 Å². The molecule has 0 fully saturated rings. The lowest BCUT2D eigenvalue weighted by atomic mass is 10.1. The second-order valence-corrected chi connectivity index (χ2v) is 5.76. The number of nitrogens with zero attached hydrogens (tertiary/aromatic N) is 2. The van der Waals surface area contributed by atoms with Crippen molar-refractivity contribution in [3.05, 3.63) is 76.5 Å². The van der Waals surface area contributed by atoms with E-state index in [4.69, 9.17) is 0 Å². The molecule has 0 unspecified atom stereocenters. The molecule has 0 spiro atoms. The van der Waals surface area contributed by atoms with Gasteiger partial charge in [0.25, 0.3) is 5.56 Å². The summed E-state index contributed by atoms with van der Waals surface area (Å²) >= 11 is 0. The molecule has 6 nitrogen and oxygen atoms in total. The molecule has 1 aromatic carbocycles. The molecule has 3 aromatic rings. The van der Waals surface area contributed by atoms with E-state index in [-0.39, 0.29) is 11.2 Å². The third kappa shape index (κ3) is 4.05. The van der Waals surface area contributed by atoms with Crippen LogP contribution < -0.4 is 10.9 Å². The van der Waals surface area contributed by atoms with Gasteiger partial charge >= 0.3 is 11.8 Å². The Morgan fingerprint density at radius 2 is 2.00 bits per heavy atom. The third-order valence-corrected chi connectivity index (χ3v) is 3.82. The second kappa shape index (κ2) is 7.45. The maximum atomic E-state index is 14.3. The molecular formula is C19H16F2N4O2. The number of aryl methyl sites for hydroxylation is 1. The summed E-state index contributed by atoms with van der Waals surface area (Å²) < 4.78 is 28.6.